The standard InChI is InChI=1S/C18H18N4O3/c1-9(2)18(24)22-13-7-11(19)16-15-10(8-20-16)6-12(21-17(13)15)14(23)4-5-25-3/h4-9,21H,19H2,1-3H3. The number of nitrogens with two attached hydrogens (primary N) is 1. The van der Waals surface area contributed by atoms with Gasteiger partial charge < -0.3 is 15.5 Å². The van der Waals surface area contributed by atoms with Crippen LogP contribution in [0.5, 0.6) is 0 Å². The van der Waals surface area contributed by atoms with Crippen molar-refractivity contribution in [2.75, 3.05) is 12.8 Å². The molecule has 0 atom stereocenters. The second-order valence-corrected chi connectivity index (χ2v) is 5.99. The van der Waals surface area contributed by atoms with Crippen LogP contribution < -0.4 is 11.1 Å². The molecule has 3 N–H and O–H groups in total. The van der Waals surface area contributed by atoms with Gasteiger partial charge in [-0.1, -0.05) is 13.8 Å². The number of amides is 1. The number of hydrogen-bond acceptors (Lipinski definition) is 5. The Balaban J connectivity index is 2.33. The SMILES string of the molecule is COC=CC(=O)c1cc2cnc3c(N)cc(=NC(=O)C(C)C)c([nH]1)c23. The molecule has 0 aliphatic rings. The summed E-state index contributed by atoms with van der Waals surface area (Å²) in [6.45, 7) is 3.54. The fourth-order valence-corrected chi connectivity index (χ4v) is 2.55. The Labute approximate surface area is 143 Å². The number of rotatable bonds is 4. The first-order chi connectivity index (χ1) is 11.9. The molecule has 0 saturated heterocycles. The van der Waals surface area contributed by atoms with Crippen molar-refractivity contribution in [3.05, 3.63) is 41.7 Å². The topological polar surface area (TPSA) is 110 Å². The van der Waals surface area contributed by atoms with Crippen LogP contribution in [0, 0.1) is 5.92 Å². The lowest BCUT2D eigenvalue weighted by Crippen LogP contribution is -2.14. The number of benzene rings is 1. The van der Waals surface area contributed by atoms with Gasteiger partial charge in [0.1, 0.15) is 0 Å². The van der Waals surface area contributed by atoms with Crippen molar-refractivity contribution >= 4 is 39.2 Å². The number of carbonyl (C=O) groups is 2. The van der Waals surface area contributed by atoms with Crippen LogP contribution in [-0.4, -0.2) is 28.8 Å². The minimum atomic E-state index is -0.264. The molecule has 2 aromatic heterocycles. The molecule has 0 fully saturated rings. The summed E-state index contributed by atoms with van der Waals surface area (Å²) in [5.41, 5.74) is 8.00. The molecular formula is C18H18N4O3. The Morgan fingerprint density at radius 2 is 2.12 bits per heavy atom. The number of nitrogen functional groups attached to an aromatic ring is 1. The second-order valence-electron chi connectivity index (χ2n) is 5.99. The Morgan fingerprint density at radius 1 is 1.36 bits per heavy atom. The largest absolute Gasteiger partial charge is 0.504 e. The van der Waals surface area contributed by atoms with Crippen molar-refractivity contribution in [2.24, 2.45) is 10.9 Å². The van der Waals surface area contributed by atoms with Gasteiger partial charge in [0.15, 0.2) is 0 Å². The number of ketones is 1. The van der Waals surface area contributed by atoms with E-state index in [2.05, 4.69) is 15.0 Å². The third-order valence-electron chi connectivity index (χ3n) is 3.84. The summed E-state index contributed by atoms with van der Waals surface area (Å²) in [6, 6.07) is 3.29. The number of aromatic nitrogens is 2. The van der Waals surface area contributed by atoms with Crippen molar-refractivity contribution in [2.45, 2.75) is 13.8 Å². The Bertz CT molecular complexity index is 1060. The van der Waals surface area contributed by atoms with E-state index in [9.17, 15) is 9.59 Å². The van der Waals surface area contributed by atoms with Gasteiger partial charge in [-0.05, 0) is 12.1 Å². The number of carbonyl (C=O) groups excluding carboxylic acids is 2. The van der Waals surface area contributed by atoms with Gasteiger partial charge in [-0.25, -0.2) is 4.99 Å². The Kier molecular flexibility index (Phi) is 4.22. The summed E-state index contributed by atoms with van der Waals surface area (Å²) in [5.74, 6) is -0.773. The molecule has 7 nitrogen and oxygen atoms in total. The summed E-state index contributed by atoms with van der Waals surface area (Å²) >= 11 is 0. The van der Waals surface area contributed by atoms with Crippen molar-refractivity contribution in [1.29, 1.82) is 0 Å². The first-order valence-electron chi connectivity index (χ1n) is 7.78. The average Bonchev–Trinajstić information content (AvgIpc) is 3.01. The lowest BCUT2D eigenvalue weighted by Gasteiger charge is -2.06. The van der Waals surface area contributed by atoms with Gasteiger partial charge in [0, 0.05) is 29.0 Å². The van der Waals surface area contributed by atoms with Crippen LogP contribution in [-0.2, 0) is 9.53 Å². The van der Waals surface area contributed by atoms with E-state index < -0.39 is 0 Å². The molecule has 3 rings (SSSR count). The highest BCUT2D eigenvalue weighted by molar-refractivity contribution is 6.15. The first kappa shape index (κ1) is 16.6. The molecule has 0 saturated carbocycles. The molecule has 0 aliphatic heterocycles. The number of methoxy groups -OCH3 is 1. The highest BCUT2D eigenvalue weighted by Gasteiger charge is 2.15. The van der Waals surface area contributed by atoms with E-state index in [1.807, 2.05) is 0 Å². The van der Waals surface area contributed by atoms with Crippen LogP contribution in [0.1, 0.15) is 24.3 Å². The zero-order chi connectivity index (χ0) is 18.1. The third kappa shape index (κ3) is 2.96. The molecular weight excluding hydrogens is 320 g/mol. The maximum atomic E-state index is 12.3. The zero-order valence-electron chi connectivity index (χ0n) is 14.2. The van der Waals surface area contributed by atoms with E-state index >= 15 is 0 Å². The summed E-state index contributed by atoms with van der Waals surface area (Å²) in [6.07, 6.45) is 4.26. The highest BCUT2D eigenvalue weighted by atomic mass is 16.5. The molecule has 1 aromatic carbocycles. The Morgan fingerprint density at radius 3 is 2.80 bits per heavy atom. The molecule has 0 radical (unpaired) electrons. The number of nitrogens with one attached hydrogen (secondary N) is 1. The van der Waals surface area contributed by atoms with Gasteiger partial charge in [-0.2, -0.15) is 0 Å². The summed E-state index contributed by atoms with van der Waals surface area (Å²) < 4.78 is 4.79. The molecule has 0 unspecified atom stereocenters. The van der Waals surface area contributed by atoms with Crippen molar-refractivity contribution in [3.8, 4) is 0 Å². The van der Waals surface area contributed by atoms with E-state index in [0.717, 1.165) is 10.8 Å². The number of allylic oxidation sites excluding steroid dienone is 1. The summed E-state index contributed by atoms with van der Waals surface area (Å²) in [7, 11) is 1.46. The number of H-pyrrole nitrogens is 1. The quantitative estimate of drug-likeness (QED) is 0.328. The molecule has 1 amide bonds. The predicted octanol–water partition coefficient (Wildman–Crippen LogP) is 2.16. The fraction of sp³-hybridized carbons (Fsp3) is 0.222. The molecule has 7 heteroatoms. The lowest BCUT2D eigenvalue weighted by atomic mass is 10.1. The van der Waals surface area contributed by atoms with Crippen LogP contribution in [0.3, 0.4) is 0 Å². The summed E-state index contributed by atoms with van der Waals surface area (Å²) in [5, 5.41) is 1.90. The molecule has 0 bridgehead atoms. The van der Waals surface area contributed by atoms with Gasteiger partial charge in [0.2, 0.25) is 11.7 Å². The Hall–Kier alpha value is -3.22. The second kappa shape index (κ2) is 6.35. The van der Waals surface area contributed by atoms with E-state index in [-0.39, 0.29) is 17.6 Å². The normalized spacial score (nSPS) is 12.7. The molecule has 3 aromatic rings. The smallest absolute Gasteiger partial charge is 0.248 e. The zero-order valence-corrected chi connectivity index (χ0v) is 14.2. The number of hydrogen-bond donors (Lipinski definition) is 2. The molecule has 2 heterocycles. The van der Waals surface area contributed by atoms with Crippen LogP contribution >= 0.6 is 0 Å². The van der Waals surface area contributed by atoms with Gasteiger partial charge in [0.25, 0.3) is 0 Å². The van der Waals surface area contributed by atoms with Gasteiger partial charge >= 0.3 is 0 Å². The van der Waals surface area contributed by atoms with Crippen LogP contribution in [0.15, 0.2) is 35.7 Å². The highest BCUT2D eigenvalue weighted by Crippen LogP contribution is 2.27. The van der Waals surface area contributed by atoms with Crippen molar-refractivity contribution < 1.29 is 14.3 Å². The fourth-order valence-electron chi connectivity index (χ4n) is 2.55. The predicted molar refractivity (Wildman–Crippen MR) is 95.1 cm³/mol. The molecule has 0 spiro atoms. The average molecular weight is 338 g/mol. The molecule has 128 valence electrons. The number of pyridine rings is 1. The maximum Gasteiger partial charge on any atom is 0.248 e. The van der Waals surface area contributed by atoms with E-state index in [1.54, 1.807) is 32.2 Å². The molecule has 25 heavy (non-hydrogen) atoms. The maximum absolute atomic E-state index is 12.3. The lowest BCUT2D eigenvalue weighted by molar-refractivity contribution is -0.120. The van der Waals surface area contributed by atoms with Crippen LogP contribution in [0.25, 0.3) is 21.8 Å². The number of anilines is 1. The van der Waals surface area contributed by atoms with E-state index in [0.29, 0.717) is 27.8 Å². The number of nitrogens with zero attached hydrogens (tertiary/aromatic N) is 2. The summed E-state index contributed by atoms with van der Waals surface area (Å²) in [4.78, 5) is 35.9. The van der Waals surface area contributed by atoms with Crippen LogP contribution in [0.4, 0.5) is 5.69 Å². The molecule has 0 aliphatic carbocycles. The number of ether oxygens (including phenoxy) is 1. The minimum absolute atomic E-state index is 0.244. The van der Waals surface area contributed by atoms with E-state index in [4.69, 9.17) is 10.5 Å². The van der Waals surface area contributed by atoms with Gasteiger partial charge in [-0.15, -0.1) is 0 Å². The van der Waals surface area contributed by atoms with E-state index in [1.165, 1.54) is 19.4 Å². The van der Waals surface area contributed by atoms with Crippen molar-refractivity contribution in [3.63, 3.8) is 0 Å². The minimum Gasteiger partial charge on any atom is -0.504 e. The van der Waals surface area contributed by atoms with Gasteiger partial charge in [0.05, 0.1) is 41.1 Å². The van der Waals surface area contributed by atoms with Crippen molar-refractivity contribution in [1.82, 2.24) is 9.97 Å². The monoisotopic (exact) mass is 338 g/mol. The van der Waals surface area contributed by atoms with Gasteiger partial charge in [-0.3, -0.25) is 14.6 Å². The number of aromatic amines is 1. The van der Waals surface area contributed by atoms with Crippen LogP contribution in [0.2, 0.25) is 0 Å². The third-order valence-corrected chi connectivity index (χ3v) is 3.84. The first-order valence-corrected chi connectivity index (χ1v) is 7.78.